The average Bonchev–Trinajstić information content (AvgIpc) is 2.62. The van der Waals surface area contributed by atoms with Crippen LogP contribution >= 0.6 is 11.6 Å². The second kappa shape index (κ2) is 8.67. The minimum absolute atomic E-state index is 0.128. The van der Waals surface area contributed by atoms with Gasteiger partial charge in [-0.15, -0.1) is 0 Å². The average molecular weight is 371 g/mol. The highest BCUT2D eigenvalue weighted by Crippen LogP contribution is 2.30. The molecule has 6 heteroatoms. The van der Waals surface area contributed by atoms with Crippen LogP contribution in [-0.4, -0.2) is 62.3 Å². The normalized spacial score (nSPS) is 22.1. The van der Waals surface area contributed by atoms with E-state index < -0.39 is 0 Å². The van der Waals surface area contributed by atoms with Gasteiger partial charge in [0.05, 0.1) is 25.3 Å². The minimum Gasteiger partial charge on any atom is -0.492 e. The smallest absolute Gasteiger partial charge is 0.173 e. The van der Waals surface area contributed by atoms with Gasteiger partial charge in [-0.3, -0.25) is 9.80 Å². The maximum Gasteiger partial charge on any atom is 0.173 e. The van der Waals surface area contributed by atoms with Gasteiger partial charge < -0.3 is 9.47 Å². The van der Waals surface area contributed by atoms with Gasteiger partial charge in [-0.05, 0) is 56.5 Å². The number of hydrogen-bond donors (Lipinski definition) is 0. The van der Waals surface area contributed by atoms with Gasteiger partial charge in [0.1, 0.15) is 0 Å². The summed E-state index contributed by atoms with van der Waals surface area (Å²) in [5.41, 5.74) is 0.906. The summed E-state index contributed by atoms with van der Waals surface area (Å²) in [5, 5.41) is 0.341. The number of methoxy groups -OCH3 is 1. The number of hydrogen-bond acceptors (Lipinski definition) is 4. The van der Waals surface area contributed by atoms with Crippen molar-refractivity contribution in [2.24, 2.45) is 5.92 Å². The maximum atomic E-state index is 14.0. The molecule has 3 rings (SSSR count). The second-order valence-corrected chi connectivity index (χ2v) is 7.50. The highest BCUT2D eigenvalue weighted by atomic mass is 35.5. The van der Waals surface area contributed by atoms with Crippen molar-refractivity contribution >= 4 is 11.6 Å². The Balaban J connectivity index is 1.52. The van der Waals surface area contributed by atoms with Crippen molar-refractivity contribution in [3.8, 4) is 5.75 Å². The zero-order valence-electron chi connectivity index (χ0n) is 15.1. The van der Waals surface area contributed by atoms with Gasteiger partial charge in [0.2, 0.25) is 0 Å². The van der Waals surface area contributed by atoms with Gasteiger partial charge in [-0.25, -0.2) is 4.39 Å². The van der Waals surface area contributed by atoms with E-state index in [0.29, 0.717) is 11.1 Å². The van der Waals surface area contributed by atoms with E-state index in [1.54, 1.807) is 0 Å². The molecule has 2 saturated heterocycles. The lowest BCUT2D eigenvalue weighted by molar-refractivity contribution is -0.00192. The van der Waals surface area contributed by atoms with E-state index >= 15 is 0 Å². The molecule has 0 saturated carbocycles. The Labute approximate surface area is 154 Å². The lowest BCUT2D eigenvalue weighted by atomic mass is 9.89. The monoisotopic (exact) mass is 370 g/mol. The van der Waals surface area contributed by atoms with Crippen LogP contribution in [0.1, 0.15) is 25.3 Å². The van der Waals surface area contributed by atoms with Crippen LogP contribution in [0.25, 0.3) is 0 Å². The third-order valence-electron chi connectivity index (χ3n) is 5.60. The molecule has 25 heavy (non-hydrogen) atoms. The van der Waals surface area contributed by atoms with Gasteiger partial charge in [0.25, 0.3) is 0 Å². The molecule has 2 heterocycles. The zero-order valence-corrected chi connectivity index (χ0v) is 15.9. The number of likely N-dealkylation sites (tertiary alicyclic amines) is 1. The number of nitrogens with zero attached hydrogens (tertiary/aromatic N) is 2. The Morgan fingerprint density at radius 3 is 2.52 bits per heavy atom. The van der Waals surface area contributed by atoms with Gasteiger partial charge >= 0.3 is 0 Å². The molecule has 0 aliphatic carbocycles. The summed E-state index contributed by atoms with van der Waals surface area (Å²) in [4.78, 5) is 4.95. The third-order valence-corrected chi connectivity index (χ3v) is 5.89. The minimum atomic E-state index is -0.388. The molecule has 1 atom stereocenters. The van der Waals surface area contributed by atoms with Crippen LogP contribution in [0.2, 0.25) is 5.02 Å². The largest absolute Gasteiger partial charge is 0.492 e. The summed E-state index contributed by atoms with van der Waals surface area (Å²) < 4.78 is 24.4. The molecule has 140 valence electrons. The van der Waals surface area contributed by atoms with Crippen LogP contribution in [0.4, 0.5) is 4.39 Å². The van der Waals surface area contributed by atoms with Gasteiger partial charge in [-0.1, -0.05) is 11.6 Å². The van der Waals surface area contributed by atoms with Crippen molar-refractivity contribution in [1.29, 1.82) is 0 Å². The quantitative estimate of drug-likeness (QED) is 0.792. The fourth-order valence-corrected chi connectivity index (χ4v) is 4.34. The molecule has 4 nitrogen and oxygen atoms in total. The number of rotatable bonds is 5. The Morgan fingerprint density at radius 1 is 1.24 bits per heavy atom. The van der Waals surface area contributed by atoms with E-state index in [2.05, 4.69) is 16.7 Å². The highest BCUT2D eigenvalue weighted by molar-refractivity contribution is 6.32. The Kier molecular flexibility index (Phi) is 6.55. The van der Waals surface area contributed by atoms with E-state index in [9.17, 15) is 4.39 Å². The third kappa shape index (κ3) is 4.64. The molecule has 0 amide bonds. The van der Waals surface area contributed by atoms with Crippen molar-refractivity contribution in [2.75, 3.05) is 46.5 Å². The molecule has 0 unspecified atom stereocenters. The summed E-state index contributed by atoms with van der Waals surface area (Å²) in [6.45, 7) is 8.98. The molecule has 0 radical (unpaired) electrons. The van der Waals surface area contributed by atoms with Crippen molar-refractivity contribution in [2.45, 2.75) is 32.4 Å². The predicted molar refractivity (Wildman–Crippen MR) is 97.8 cm³/mol. The first-order chi connectivity index (χ1) is 12.1. The molecule has 2 fully saturated rings. The summed E-state index contributed by atoms with van der Waals surface area (Å²) >= 11 is 6.10. The molecule has 0 spiro atoms. The standard InChI is InChI=1S/C19H28ClFN2O2/c1-14(23-7-9-25-10-8-23)16-3-5-22(6-4-16)13-15-11-17(20)19(24-2)18(21)12-15/h11-12,14,16H,3-10,13H2,1-2H3/t14-/m1/s1. The van der Waals surface area contributed by atoms with Crippen LogP contribution in [0.5, 0.6) is 5.75 Å². The first-order valence-electron chi connectivity index (χ1n) is 9.14. The van der Waals surface area contributed by atoms with Gasteiger partial charge in [0, 0.05) is 25.7 Å². The fraction of sp³-hybridized carbons (Fsp3) is 0.684. The Hall–Kier alpha value is -0.880. The van der Waals surface area contributed by atoms with E-state index in [0.717, 1.165) is 57.4 Å². The lowest BCUT2D eigenvalue weighted by Gasteiger charge is -2.41. The molecule has 0 N–H and O–H groups in total. The molecule has 2 aliphatic rings. The molecule has 1 aromatic rings. The van der Waals surface area contributed by atoms with Gasteiger partial charge in [-0.2, -0.15) is 0 Å². The molecule has 0 bridgehead atoms. The molecular weight excluding hydrogens is 343 g/mol. The lowest BCUT2D eigenvalue weighted by Crippen LogP contribution is -2.48. The summed E-state index contributed by atoms with van der Waals surface area (Å²) in [5.74, 6) is 0.467. The Morgan fingerprint density at radius 2 is 1.92 bits per heavy atom. The SMILES string of the molecule is COc1c(F)cc(CN2CCC([C@@H](C)N3CCOCC3)CC2)cc1Cl. The van der Waals surface area contributed by atoms with Crippen molar-refractivity contribution in [1.82, 2.24) is 9.80 Å². The number of ether oxygens (including phenoxy) is 2. The summed E-state index contributed by atoms with van der Waals surface area (Å²) in [6, 6.07) is 3.96. The number of benzene rings is 1. The molecule has 0 aromatic heterocycles. The molecule has 2 aliphatic heterocycles. The van der Waals surface area contributed by atoms with Crippen LogP contribution in [0, 0.1) is 11.7 Å². The Bertz CT molecular complexity index is 550. The topological polar surface area (TPSA) is 24.9 Å². The first kappa shape index (κ1) is 18.9. The molecule has 1 aromatic carbocycles. The number of morpholine rings is 1. The van der Waals surface area contributed by atoms with Crippen LogP contribution in [-0.2, 0) is 11.3 Å². The van der Waals surface area contributed by atoms with Crippen molar-refractivity contribution in [3.05, 3.63) is 28.5 Å². The second-order valence-electron chi connectivity index (χ2n) is 7.10. The summed E-state index contributed by atoms with van der Waals surface area (Å²) in [7, 11) is 1.43. The zero-order chi connectivity index (χ0) is 17.8. The highest BCUT2D eigenvalue weighted by Gasteiger charge is 2.28. The first-order valence-corrected chi connectivity index (χ1v) is 9.52. The van der Waals surface area contributed by atoms with E-state index in [-0.39, 0.29) is 11.6 Å². The van der Waals surface area contributed by atoms with E-state index in [4.69, 9.17) is 21.1 Å². The fourth-order valence-electron chi connectivity index (χ4n) is 4.03. The van der Waals surface area contributed by atoms with Crippen LogP contribution in [0.15, 0.2) is 12.1 Å². The van der Waals surface area contributed by atoms with Gasteiger partial charge in [0.15, 0.2) is 11.6 Å². The van der Waals surface area contributed by atoms with E-state index in [1.807, 2.05) is 6.07 Å². The van der Waals surface area contributed by atoms with E-state index in [1.165, 1.54) is 26.0 Å². The van der Waals surface area contributed by atoms with Crippen LogP contribution in [0.3, 0.4) is 0 Å². The molecular formula is C19H28ClFN2O2. The predicted octanol–water partition coefficient (Wildman–Crippen LogP) is 3.42. The maximum absolute atomic E-state index is 14.0. The number of piperidine rings is 1. The number of halogens is 2. The van der Waals surface area contributed by atoms with Crippen molar-refractivity contribution < 1.29 is 13.9 Å². The summed E-state index contributed by atoms with van der Waals surface area (Å²) in [6.07, 6.45) is 2.37. The van der Waals surface area contributed by atoms with Crippen LogP contribution < -0.4 is 4.74 Å². The van der Waals surface area contributed by atoms with Crippen molar-refractivity contribution in [3.63, 3.8) is 0 Å².